The molecule has 0 unspecified atom stereocenters. The highest BCUT2D eigenvalue weighted by atomic mass is 32.1. The SMILES string of the molecule is N#CC(C#N)=C1c2ccccc2-c2c(C(=O)O)cc(CCc3ccsc3)cc21. The third-order valence-corrected chi connectivity index (χ3v) is 5.65. The van der Waals surface area contributed by atoms with Crippen LogP contribution in [0.2, 0.25) is 0 Å². The van der Waals surface area contributed by atoms with E-state index in [9.17, 15) is 20.4 Å². The number of carbonyl (C=O) groups is 1. The number of nitriles is 2. The quantitative estimate of drug-likeness (QED) is 0.500. The van der Waals surface area contributed by atoms with Gasteiger partial charge in [-0.2, -0.15) is 21.9 Å². The van der Waals surface area contributed by atoms with Crippen LogP contribution in [0.1, 0.15) is 32.6 Å². The van der Waals surface area contributed by atoms with Crippen molar-refractivity contribution >= 4 is 22.9 Å². The Kier molecular flexibility index (Phi) is 4.53. The standard InChI is InChI=1S/C23H14N2O2S/c24-11-16(12-25)21-17-3-1-2-4-18(17)22-19(21)9-15(10-20(22)23(26)27)6-5-14-7-8-28-13-14/h1-4,7-10,13H,5-6H2,(H,26,27). The molecule has 3 aromatic rings. The van der Waals surface area contributed by atoms with Crippen molar-refractivity contribution in [3.8, 4) is 23.3 Å². The number of aryl methyl sites for hydroxylation is 2. The Hall–Kier alpha value is -3.67. The Morgan fingerprint density at radius 1 is 0.964 bits per heavy atom. The number of benzene rings is 2. The second-order valence-corrected chi connectivity index (χ2v) is 7.30. The van der Waals surface area contributed by atoms with Crippen LogP contribution in [-0.4, -0.2) is 11.1 Å². The number of hydrogen-bond acceptors (Lipinski definition) is 4. The van der Waals surface area contributed by atoms with Crippen LogP contribution in [-0.2, 0) is 12.8 Å². The summed E-state index contributed by atoms with van der Waals surface area (Å²) in [6.45, 7) is 0. The van der Waals surface area contributed by atoms with Crippen LogP contribution < -0.4 is 0 Å². The lowest BCUT2D eigenvalue weighted by Crippen LogP contribution is -2.03. The Balaban J connectivity index is 1.94. The fourth-order valence-electron chi connectivity index (χ4n) is 3.70. The second kappa shape index (κ2) is 7.15. The maximum atomic E-state index is 12.0. The first-order chi connectivity index (χ1) is 13.6. The van der Waals surface area contributed by atoms with Gasteiger partial charge >= 0.3 is 5.97 Å². The van der Waals surface area contributed by atoms with Crippen LogP contribution in [0.15, 0.2) is 58.8 Å². The van der Waals surface area contributed by atoms with Crippen LogP contribution in [0, 0.1) is 22.7 Å². The predicted molar refractivity (Wildman–Crippen MR) is 108 cm³/mol. The minimum atomic E-state index is -1.01. The van der Waals surface area contributed by atoms with Crippen molar-refractivity contribution < 1.29 is 9.90 Å². The molecule has 0 atom stereocenters. The molecular weight excluding hydrogens is 368 g/mol. The molecule has 0 saturated heterocycles. The molecule has 134 valence electrons. The predicted octanol–water partition coefficient (Wildman–Crippen LogP) is 5.06. The van der Waals surface area contributed by atoms with E-state index in [1.54, 1.807) is 17.4 Å². The lowest BCUT2D eigenvalue weighted by molar-refractivity contribution is 0.0697. The van der Waals surface area contributed by atoms with E-state index in [-0.39, 0.29) is 11.1 Å². The fraction of sp³-hybridized carbons (Fsp3) is 0.0870. The van der Waals surface area contributed by atoms with Gasteiger partial charge in [0.1, 0.15) is 17.7 Å². The van der Waals surface area contributed by atoms with Gasteiger partial charge in [0.15, 0.2) is 0 Å². The zero-order valence-corrected chi connectivity index (χ0v) is 15.6. The molecule has 5 heteroatoms. The lowest BCUT2D eigenvalue weighted by atomic mass is 9.93. The zero-order chi connectivity index (χ0) is 19.7. The summed E-state index contributed by atoms with van der Waals surface area (Å²) in [5.74, 6) is -1.01. The van der Waals surface area contributed by atoms with E-state index in [1.807, 2.05) is 47.9 Å². The van der Waals surface area contributed by atoms with Crippen molar-refractivity contribution in [3.05, 3.63) is 86.6 Å². The summed E-state index contributed by atoms with van der Waals surface area (Å²) in [7, 11) is 0. The molecule has 0 spiro atoms. The molecule has 1 aliphatic carbocycles. The normalized spacial score (nSPS) is 11.3. The molecule has 0 amide bonds. The molecule has 0 radical (unpaired) electrons. The smallest absolute Gasteiger partial charge is 0.336 e. The molecule has 28 heavy (non-hydrogen) atoms. The summed E-state index contributed by atoms with van der Waals surface area (Å²) in [4.78, 5) is 12.0. The van der Waals surface area contributed by atoms with Crippen LogP contribution in [0.3, 0.4) is 0 Å². The molecule has 1 N–H and O–H groups in total. The van der Waals surface area contributed by atoms with Crippen molar-refractivity contribution in [2.75, 3.05) is 0 Å². The minimum Gasteiger partial charge on any atom is -0.478 e. The van der Waals surface area contributed by atoms with Crippen molar-refractivity contribution in [2.24, 2.45) is 0 Å². The molecule has 1 aliphatic rings. The molecule has 0 fully saturated rings. The summed E-state index contributed by atoms with van der Waals surface area (Å²) >= 11 is 1.63. The number of allylic oxidation sites excluding steroid dienone is 1. The number of nitrogens with zero attached hydrogens (tertiary/aromatic N) is 2. The summed E-state index contributed by atoms with van der Waals surface area (Å²) in [5.41, 5.74) is 5.52. The Morgan fingerprint density at radius 2 is 1.68 bits per heavy atom. The first kappa shape index (κ1) is 17.7. The number of hydrogen-bond donors (Lipinski definition) is 1. The average molecular weight is 382 g/mol. The molecule has 1 heterocycles. The molecule has 1 aromatic heterocycles. The van der Waals surface area contributed by atoms with E-state index in [4.69, 9.17) is 0 Å². The molecule has 0 aliphatic heterocycles. The minimum absolute atomic E-state index is 0.00229. The van der Waals surface area contributed by atoms with Crippen LogP contribution in [0.5, 0.6) is 0 Å². The molecule has 4 rings (SSSR count). The summed E-state index contributed by atoms with van der Waals surface area (Å²) in [5, 5.41) is 32.9. The maximum Gasteiger partial charge on any atom is 0.336 e. The van der Waals surface area contributed by atoms with Gasteiger partial charge in [0.25, 0.3) is 0 Å². The number of thiophene rings is 1. The summed E-state index contributed by atoms with van der Waals surface area (Å²) < 4.78 is 0. The molecule has 4 nitrogen and oxygen atoms in total. The fourth-order valence-corrected chi connectivity index (χ4v) is 4.40. The topological polar surface area (TPSA) is 84.9 Å². The third-order valence-electron chi connectivity index (χ3n) is 4.92. The number of rotatable bonds is 4. The second-order valence-electron chi connectivity index (χ2n) is 6.52. The highest BCUT2D eigenvalue weighted by Gasteiger charge is 2.30. The average Bonchev–Trinajstić information content (AvgIpc) is 3.33. The highest BCUT2D eigenvalue weighted by molar-refractivity contribution is 7.07. The van der Waals surface area contributed by atoms with Gasteiger partial charge in [-0.05, 0) is 63.6 Å². The van der Waals surface area contributed by atoms with E-state index < -0.39 is 5.97 Å². The molecule has 0 bridgehead atoms. The lowest BCUT2D eigenvalue weighted by Gasteiger charge is -2.10. The number of carboxylic acid groups (broad SMARTS) is 1. The first-order valence-corrected chi connectivity index (χ1v) is 9.64. The van der Waals surface area contributed by atoms with Gasteiger partial charge in [-0.15, -0.1) is 0 Å². The van der Waals surface area contributed by atoms with Crippen LogP contribution >= 0.6 is 11.3 Å². The van der Waals surface area contributed by atoms with Gasteiger partial charge in [0, 0.05) is 11.1 Å². The van der Waals surface area contributed by atoms with Gasteiger partial charge in [-0.25, -0.2) is 4.79 Å². The number of carboxylic acids is 1. The molecule has 2 aromatic carbocycles. The first-order valence-electron chi connectivity index (χ1n) is 8.70. The van der Waals surface area contributed by atoms with Gasteiger partial charge in [0.2, 0.25) is 0 Å². The van der Waals surface area contributed by atoms with E-state index >= 15 is 0 Å². The summed E-state index contributed by atoms with van der Waals surface area (Å²) in [6.07, 6.45) is 1.49. The molecule has 0 saturated carbocycles. The third kappa shape index (κ3) is 2.89. The Labute approximate surface area is 166 Å². The van der Waals surface area contributed by atoms with Gasteiger partial charge in [-0.1, -0.05) is 30.3 Å². The largest absolute Gasteiger partial charge is 0.478 e. The highest BCUT2D eigenvalue weighted by Crippen LogP contribution is 2.47. The van der Waals surface area contributed by atoms with E-state index in [0.29, 0.717) is 23.1 Å². The van der Waals surface area contributed by atoms with Gasteiger partial charge in [-0.3, -0.25) is 0 Å². The van der Waals surface area contributed by atoms with Gasteiger partial charge < -0.3 is 5.11 Å². The van der Waals surface area contributed by atoms with Gasteiger partial charge in [0.05, 0.1) is 5.56 Å². The van der Waals surface area contributed by atoms with Crippen molar-refractivity contribution in [1.29, 1.82) is 10.5 Å². The summed E-state index contributed by atoms with van der Waals surface area (Å²) in [6, 6.07) is 17.0. The Morgan fingerprint density at radius 3 is 2.32 bits per heavy atom. The van der Waals surface area contributed by atoms with Crippen molar-refractivity contribution in [3.63, 3.8) is 0 Å². The maximum absolute atomic E-state index is 12.0. The van der Waals surface area contributed by atoms with Crippen molar-refractivity contribution in [1.82, 2.24) is 0 Å². The zero-order valence-electron chi connectivity index (χ0n) is 14.8. The number of fused-ring (bicyclic) bond motifs is 3. The monoisotopic (exact) mass is 382 g/mol. The van der Waals surface area contributed by atoms with Crippen LogP contribution in [0.25, 0.3) is 16.7 Å². The van der Waals surface area contributed by atoms with E-state index in [1.165, 1.54) is 5.56 Å². The van der Waals surface area contributed by atoms with E-state index in [2.05, 4.69) is 11.4 Å². The van der Waals surface area contributed by atoms with Crippen LogP contribution in [0.4, 0.5) is 0 Å². The molecular formula is C23H14N2O2S. The number of aromatic carboxylic acids is 1. The van der Waals surface area contributed by atoms with Crippen molar-refractivity contribution in [2.45, 2.75) is 12.8 Å². The van der Waals surface area contributed by atoms with E-state index in [0.717, 1.165) is 23.1 Å². The Bertz CT molecular complexity index is 1190.